The van der Waals surface area contributed by atoms with E-state index in [1.807, 2.05) is 18.2 Å². The van der Waals surface area contributed by atoms with Crippen molar-refractivity contribution in [1.29, 1.82) is 0 Å². The molecule has 0 aliphatic carbocycles. The molecular formula is C13H12BrN3O3. The molecule has 7 heteroatoms. The number of halogens is 1. The van der Waals surface area contributed by atoms with Crippen LogP contribution in [0.3, 0.4) is 0 Å². The molecule has 1 aliphatic rings. The fraction of sp³-hybridized carbons (Fsp3) is 0.308. The number of nitrogens with zero attached hydrogens (tertiary/aromatic N) is 2. The van der Waals surface area contributed by atoms with Crippen LogP contribution in [0, 0.1) is 0 Å². The molecule has 0 bridgehead atoms. The lowest BCUT2D eigenvalue weighted by Gasteiger charge is -2.14. The summed E-state index contributed by atoms with van der Waals surface area (Å²) in [5.74, 6) is 1.01. The van der Waals surface area contributed by atoms with E-state index in [1.165, 1.54) is 6.39 Å². The molecule has 0 spiro atoms. The fourth-order valence-corrected chi connectivity index (χ4v) is 2.51. The molecule has 1 N–H and O–H groups in total. The molecule has 0 saturated heterocycles. The lowest BCUT2D eigenvalue weighted by Crippen LogP contribution is -2.39. The summed E-state index contributed by atoms with van der Waals surface area (Å²) in [5, 5.41) is 6.51. The predicted molar refractivity (Wildman–Crippen MR) is 73.1 cm³/mol. The zero-order chi connectivity index (χ0) is 14.1. The second-order valence-electron chi connectivity index (χ2n) is 4.58. The summed E-state index contributed by atoms with van der Waals surface area (Å²) in [6.07, 6.45) is 1.27. The SMILES string of the molecule is C[C@H](NC(=O)[C@H]1Cc2cc(Br)ccc2O1)c1ncon1. The van der Waals surface area contributed by atoms with Crippen LogP contribution in [-0.4, -0.2) is 22.2 Å². The summed E-state index contributed by atoms with van der Waals surface area (Å²) in [6.45, 7) is 1.79. The van der Waals surface area contributed by atoms with Gasteiger partial charge in [-0.3, -0.25) is 4.79 Å². The maximum Gasteiger partial charge on any atom is 0.262 e. The lowest BCUT2D eigenvalue weighted by atomic mass is 10.1. The molecular weight excluding hydrogens is 326 g/mol. The number of fused-ring (bicyclic) bond motifs is 1. The topological polar surface area (TPSA) is 77.2 Å². The molecule has 3 rings (SSSR count). The number of carbonyl (C=O) groups excluding carboxylic acids is 1. The number of ether oxygens (including phenoxy) is 1. The Labute approximate surface area is 123 Å². The van der Waals surface area contributed by atoms with Gasteiger partial charge in [-0.05, 0) is 30.7 Å². The second kappa shape index (κ2) is 5.24. The van der Waals surface area contributed by atoms with E-state index in [2.05, 4.69) is 35.9 Å². The van der Waals surface area contributed by atoms with Gasteiger partial charge in [0.2, 0.25) is 6.39 Å². The largest absolute Gasteiger partial charge is 0.480 e. The molecule has 20 heavy (non-hydrogen) atoms. The van der Waals surface area contributed by atoms with Gasteiger partial charge < -0.3 is 14.6 Å². The molecule has 0 saturated carbocycles. The van der Waals surface area contributed by atoms with E-state index in [9.17, 15) is 4.79 Å². The lowest BCUT2D eigenvalue weighted by molar-refractivity contribution is -0.127. The van der Waals surface area contributed by atoms with Gasteiger partial charge in [-0.25, -0.2) is 0 Å². The number of carbonyl (C=O) groups is 1. The van der Waals surface area contributed by atoms with E-state index in [1.54, 1.807) is 6.92 Å². The van der Waals surface area contributed by atoms with Gasteiger partial charge in [0.1, 0.15) is 5.75 Å². The first-order valence-electron chi connectivity index (χ1n) is 6.15. The maximum absolute atomic E-state index is 12.2. The van der Waals surface area contributed by atoms with Gasteiger partial charge in [-0.2, -0.15) is 4.98 Å². The maximum atomic E-state index is 12.2. The average Bonchev–Trinajstić information content (AvgIpc) is 3.07. The Balaban J connectivity index is 1.65. The smallest absolute Gasteiger partial charge is 0.262 e. The highest BCUT2D eigenvalue weighted by molar-refractivity contribution is 9.10. The Morgan fingerprint density at radius 1 is 1.55 bits per heavy atom. The number of aromatic nitrogens is 2. The van der Waals surface area contributed by atoms with E-state index in [0.29, 0.717) is 12.2 Å². The number of benzene rings is 1. The molecule has 2 atom stereocenters. The average molecular weight is 338 g/mol. The van der Waals surface area contributed by atoms with Crippen LogP contribution >= 0.6 is 15.9 Å². The van der Waals surface area contributed by atoms with Crippen LogP contribution in [0.15, 0.2) is 33.6 Å². The Kier molecular flexibility index (Phi) is 3.43. The zero-order valence-electron chi connectivity index (χ0n) is 10.7. The van der Waals surface area contributed by atoms with E-state index < -0.39 is 6.10 Å². The molecule has 6 nitrogen and oxygen atoms in total. The summed E-state index contributed by atoms with van der Waals surface area (Å²) >= 11 is 3.41. The highest BCUT2D eigenvalue weighted by Crippen LogP contribution is 2.31. The molecule has 1 aliphatic heterocycles. The van der Waals surface area contributed by atoms with E-state index in [0.717, 1.165) is 15.8 Å². The number of hydrogen-bond donors (Lipinski definition) is 1. The third-order valence-corrected chi connectivity index (χ3v) is 3.61. The molecule has 2 heterocycles. The third-order valence-electron chi connectivity index (χ3n) is 3.11. The minimum atomic E-state index is -0.520. The first-order valence-corrected chi connectivity index (χ1v) is 6.94. The summed E-state index contributed by atoms with van der Waals surface area (Å²) in [5.41, 5.74) is 1.02. The monoisotopic (exact) mass is 337 g/mol. The second-order valence-corrected chi connectivity index (χ2v) is 5.50. The molecule has 1 aromatic heterocycles. The van der Waals surface area contributed by atoms with Crippen molar-refractivity contribution in [1.82, 2.24) is 15.5 Å². The highest BCUT2D eigenvalue weighted by Gasteiger charge is 2.30. The normalized spacial score (nSPS) is 18.2. The summed E-state index contributed by atoms with van der Waals surface area (Å²) in [4.78, 5) is 16.1. The zero-order valence-corrected chi connectivity index (χ0v) is 12.3. The van der Waals surface area contributed by atoms with Gasteiger partial charge in [0.05, 0.1) is 6.04 Å². The Bertz CT molecular complexity index is 630. The van der Waals surface area contributed by atoms with Gasteiger partial charge >= 0.3 is 0 Å². The van der Waals surface area contributed by atoms with Crippen LogP contribution in [0.4, 0.5) is 0 Å². The Morgan fingerprint density at radius 2 is 2.40 bits per heavy atom. The van der Waals surface area contributed by atoms with Crippen LogP contribution in [0.1, 0.15) is 24.4 Å². The first-order chi connectivity index (χ1) is 9.63. The van der Waals surface area contributed by atoms with Crippen molar-refractivity contribution < 1.29 is 14.1 Å². The van der Waals surface area contributed by atoms with Crippen LogP contribution in [0.5, 0.6) is 5.75 Å². The quantitative estimate of drug-likeness (QED) is 0.926. The highest BCUT2D eigenvalue weighted by atomic mass is 79.9. The molecule has 0 fully saturated rings. The molecule has 1 aromatic carbocycles. The fourth-order valence-electron chi connectivity index (χ4n) is 2.10. The van der Waals surface area contributed by atoms with Crippen molar-refractivity contribution in [2.45, 2.75) is 25.5 Å². The number of rotatable bonds is 3. The minimum absolute atomic E-state index is 0.186. The van der Waals surface area contributed by atoms with Crippen molar-refractivity contribution in [2.75, 3.05) is 0 Å². The van der Waals surface area contributed by atoms with Gasteiger partial charge in [0.15, 0.2) is 11.9 Å². The van der Waals surface area contributed by atoms with Gasteiger partial charge in [0.25, 0.3) is 5.91 Å². The van der Waals surface area contributed by atoms with Crippen LogP contribution in [0.2, 0.25) is 0 Å². The van der Waals surface area contributed by atoms with Crippen molar-refractivity contribution >= 4 is 21.8 Å². The summed E-state index contributed by atoms with van der Waals surface area (Å²) < 4.78 is 11.3. The number of nitrogens with one attached hydrogen (secondary N) is 1. The van der Waals surface area contributed by atoms with Crippen molar-refractivity contribution in [3.8, 4) is 5.75 Å². The van der Waals surface area contributed by atoms with Gasteiger partial charge in [0, 0.05) is 10.9 Å². The summed E-state index contributed by atoms with van der Waals surface area (Å²) in [6, 6.07) is 5.39. The predicted octanol–water partition coefficient (Wildman–Crippen LogP) is 2.01. The minimum Gasteiger partial charge on any atom is -0.480 e. The first kappa shape index (κ1) is 13.1. The molecule has 0 unspecified atom stereocenters. The molecule has 2 aromatic rings. The van der Waals surface area contributed by atoms with Crippen LogP contribution < -0.4 is 10.1 Å². The number of amides is 1. The van der Waals surface area contributed by atoms with Crippen molar-refractivity contribution in [3.63, 3.8) is 0 Å². The Hall–Kier alpha value is -1.89. The van der Waals surface area contributed by atoms with E-state index in [-0.39, 0.29) is 11.9 Å². The van der Waals surface area contributed by atoms with Gasteiger partial charge in [-0.1, -0.05) is 21.1 Å². The van der Waals surface area contributed by atoms with Crippen molar-refractivity contribution in [2.24, 2.45) is 0 Å². The van der Waals surface area contributed by atoms with Crippen molar-refractivity contribution in [3.05, 3.63) is 40.5 Å². The van der Waals surface area contributed by atoms with E-state index in [4.69, 9.17) is 4.74 Å². The van der Waals surface area contributed by atoms with Crippen LogP contribution in [0.25, 0.3) is 0 Å². The standard InChI is InChI=1S/C13H12BrN3O3/c1-7(12-15-6-19-17-12)16-13(18)11-5-8-4-9(14)2-3-10(8)20-11/h2-4,6-7,11H,5H2,1H3,(H,16,18)/t7-,11+/m0/s1. The molecule has 0 radical (unpaired) electrons. The summed E-state index contributed by atoms with van der Waals surface area (Å²) in [7, 11) is 0. The Morgan fingerprint density at radius 3 is 3.15 bits per heavy atom. The third kappa shape index (κ3) is 2.53. The molecule has 104 valence electrons. The van der Waals surface area contributed by atoms with Gasteiger partial charge in [-0.15, -0.1) is 0 Å². The van der Waals surface area contributed by atoms with E-state index >= 15 is 0 Å². The van der Waals surface area contributed by atoms with Crippen LogP contribution in [-0.2, 0) is 11.2 Å². The number of hydrogen-bond acceptors (Lipinski definition) is 5. The molecule has 1 amide bonds.